The van der Waals surface area contributed by atoms with Gasteiger partial charge in [0.15, 0.2) is 18.2 Å². The van der Waals surface area contributed by atoms with Gasteiger partial charge in [0.2, 0.25) is 0 Å². The van der Waals surface area contributed by atoms with E-state index in [1.54, 1.807) is 31.2 Å². The third-order valence-corrected chi connectivity index (χ3v) is 5.66. The van der Waals surface area contributed by atoms with Crippen molar-refractivity contribution in [2.45, 2.75) is 66.7 Å². The normalized spacial score (nSPS) is 10.6. The van der Waals surface area contributed by atoms with Crippen molar-refractivity contribution in [2.24, 2.45) is 0 Å². The molecule has 0 heterocycles. The number of hydrogen-bond acceptors (Lipinski definition) is 8. The molecule has 0 fully saturated rings. The molecule has 1 N–H and O–H groups in total. The maximum Gasteiger partial charge on any atom is 0.344 e. The fourth-order valence-electron chi connectivity index (χ4n) is 3.96. The number of esters is 1. The van der Waals surface area contributed by atoms with Gasteiger partial charge in [0.25, 0.3) is 0 Å². The maximum absolute atomic E-state index is 12.3. The minimum Gasteiger partial charge on any atom is -0.507 e. The first kappa shape index (κ1) is 29.7. The van der Waals surface area contributed by atoms with E-state index in [0.29, 0.717) is 54.2 Å². The Morgan fingerprint density at radius 1 is 0.757 bits per heavy atom. The third-order valence-electron chi connectivity index (χ3n) is 5.66. The summed E-state index contributed by atoms with van der Waals surface area (Å²) in [5, 5.41) is 10.5. The van der Waals surface area contributed by atoms with Gasteiger partial charge in [-0.15, -0.1) is 0 Å². The van der Waals surface area contributed by atoms with Gasteiger partial charge in [-0.25, -0.2) is 4.79 Å². The summed E-state index contributed by atoms with van der Waals surface area (Å²) in [7, 11) is 0. The zero-order chi connectivity index (χ0) is 27.4. The van der Waals surface area contributed by atoms with Crippen LogP contribution in [0.25, 0.3) is 0 Å². The van der Waals surface area contributed by atoms with Gasteiger partial charge in [-0.3, -0.25) is 9.59 Å². The second kappa shape index (κ2) is 14.9. The van der Waals surface area contributed by atoms with Crippen LogP contribution in [0.4, 0.5) is 0 Å². The SMILES string of the molecule is CCCc1c(OCCCOc2c(C(C)=O)ccc(OCC(=O)OCC)c2CCC)ccc(C(C)=O)c1O. The molecule has 0 atom stereocenters. The number of Topliss-reactive ketones (excluding diaryl/α,β-unsaturated/α-hetero) is 2. The lowest BCUT2D eigenvalue weighted by Crippen LogP contribution is -2.16. The van der Waals surface area contributed by atoms with Crippen molar-refractivity contribution >= 4 is 17.5 Å². The molecule has 8 nitrogen and oxygen atoms in total. The summed E-state index contributed by atoms with van der Waals surface area (Å²) in [5.74, 6) is 0.637. The molecule has 0 spiro atoms. The van der Waals surface area contributed by atoms with Gasteiger partial charge in [-0.2, -0.15) is 0 Å². The van der Waals surface area contributed by atoms with Gasteiger partial charge in [-0.1, -0.05) is 26.7 Å². The van der Waals surface area contributed by atoms with E-state index >= 15 is 0 Å². The number of phenolic OH excluding ortho intramolecular Hbond substituents is 1. The molecule has 0 unspecified atom stereocenters. The molecule has 2 rings (SSSR count). The summed E-state index contributed by atoms with van der Waals surface area (Å²) in [5.41, 5.74) is 2.08. The minimum atomic E-state index is -0.468. The van der Waals surface area contributed by atoms with Crippen molar-refractivity contribution in [1.29, 1.82) is 0 Å². The van der Waals surface area contributed by atoms with Crippen molar-refractivity contribution in [3.05, 3.63) is 46.5 Å². The Labute approximate surface area is 218 Å². The molecule has 0 amide bonds. The van der Waals surface area contributed by atoms with Crippen LogP contribution in [0, 0.1) is 0 Å². The lowest BCUT2D eigenvalue weighted by molar-refractivity contribution is -0.145. The van der Waals surface area contributed by atoms with Crippen LogP contribution in [0.2, 0.25) is 0 Å². The molecule has 0 bridgehead atoms. The second-order valence-corrected chi connectivity index (χ2v) is 8.61. The van der Waals surface area contributed by atoms with Crippen LogP contribution in [-0.2, 0) is 22.4 Å². The zero-order valence-corrected chi connectivity index (χ0v) is 22.5. The lowest BCUT2D eigenvalue weighted by Gasteiger charge is -2.19. The number of carbonyl (C=O) groups is 3. The molecule has 8 heteroatoms. The van der Waals surface area contributed by atoms with Crippen molar-refractivity contribution in [2.75, 3.05) is 26.4 Å². The Bertz CT molecular complexity index is 1090. The number of phenols is 1. The zero-order valence-electron chi connectivity index (χ0n) is 22.5. The molecular formula is C29H38O8. The molecule has 2 aromatic carbocycles. The molecule has 0 radical (unpaired) electrons. The van der Waals surface area contributed by atoms with Gasteiger partial charge in [0.1, 0.15) is 23.0 Å². The number of carbonyl (C=O) groups excluding carboxylic acids is 3. The Morgan fingerprint density at radius 3 is 1.92 bits per heavy atom. The molecule has 37 heavy (non-hydrogen) atoms. The quantitative estimate of drug-likeness (QED) is 0.178. The average Bonchev–Trinajstić information content (AvgIpc) is 2.85. The molecule has 0 saturated carbocycles. The van der Waals surface area contributed by atoms with E-state index in [9.17, 15) is 19.5 Å². The van der Waals surface area contributed by atoms with Crippen LogP contribution in [-0.4, -0.2) is 49.1 Å². The number of benzene rings is 2. The van der Waals surface area contributed by atoms with E-state index in [2.05, 4.69) is 0 Å². The van der Waals surface area contributed by atoms with Gasteiger partial charge >= 0.3 is 5.97 Å². The summed E-state index contributed by atoms with van der Waals surface area (Å²) in [6.07, 6.45) is 3.28. The van der Waals surface area contributed by atoms with Crippen LogP contribution < -0.4 is 14.2 Å². The van der Waals surface area contributed by atoms with Gasteiger partial charge in [0.05, 0.1) is 30.9 Å². The number of ketones is 2. The van der Waals surface area contributed by atoms with Crippen LogP contribution in [0.5, 0.6) is 23.0 Å². The van der Waals surface area contributed by atoms with Crippen molar-refractivity contribution in [1.82, 2.24) is 0 Å². The summed E-state index contributed by atoms with van der Waals surface area (Å²) in [6.45, 7) is 9.25. The highest BCUT2D eigenvalue weighted by molar-refractivity contribution is 5.98. The maximum atomic E-state index is 12.3. The van der Waals surface area contributed by atoms with Crippen molar-refractivity contribution in [3.8, 4) is 23.0 Å². The molecule has 0 saturated heterocycles. The van der Waals surface area contributed by atoms with Crippen molar-refractivity contribution in [3.63, 3.8) is 0 Å². The molecule has 202 valence electrons. The highest BCUT2D eigenvalue weighted by atomic mass is 16.6. The minimum absolute atomic E-state index is 0.0296. The Hall–Kier alpha value is -3.55. The predicted octanol–water partition coefficient (Wildman–Crippen LogP) is 5.49. The molecule has 0 aromatic heterocycles. The second-order valence-electron chi connectivity index (χ2n) is 8.61. The van der Waals surface area contributed by atoms with Crippen molar-refractivity contribution < 1.29 is 38.4 Å². The topological polar surface area (TPSA) is 108 Å². The fourth-order valence-corrected chi connectivity index (χ4v) is 3.96. The first-order valence-corrected chi connectivity index (χ1v) is 12.8. The summed E-state index contributed by atoms with van der Waals surface area (Å²) in [6, 6.07) is 6.61. The van der Waals surface area contributed by atoms with Crippen LogP contribution in [0.1, 0.15) is 85.7 Å². The Kier molecular flexibility index (Phi) is 11.9. The first-order valence-electron chi connectivity index (χ1n) is 12.8. The average molecular weight is 515 g/mol. The number of hydrogen-bond donors (Lipinski definition) is 1. The lowest BCUT2D eigenvalue weighted by atomic mass is 10.0. The Morgan fingerprint density at radius 2 is 1.32 bits per heavy atom. The first-order chi connectivity index (χ1) is 17.7. The third kappa shape index (κ3) is 8.23. The van der Waals surface area contributed by atoms with E-state index in [0.717, 1.165) is 18.4 Å². The molecule has 0 aliphatic rings. The highest BCUT2D eigenvalue weighted by Crippen LogP contribution is 2.35. The van der Waals surface area contributed by atoms with E-state index in [4.69, 9.17) is 18.9 Å². The monoisotopic (exact) mass is 514 g/mol. The Balaban J connectivity index is 2.13. The highest BCUT2D eigenvalue weighted by Gasteiger charge is 2.20. The molecule has 0 aliphatic carbocycles. The summed E-state index contributed by atoms with van der Waals surface area (Å²) < 4.78 is 22.6. The predicted molar refractivity (Wildman–Crippen MR) is 140 cm³/mol. The number of ether oxygens (including phenoxy) is 4. The van der Waals surface area contributed by atoms with E-state index < -0.39 is 5.97 Å². The van der Waals surface area contributed by atoms with E-state index in [-0.39, 0.29) is 42.7 Å². The molecular weight excluding hydrogens is 476 g/mol. The van der Waals surface area contributed by atoms with Crippen LogP contribution in [0.15, 0.2) is 24.3 Å². The van der Waals surface area contributed by atoms with Gasteiger partial charge in [0, 0.05) is 17.5 Å². The van der Waals surface area contributed by atoms with Crippen LogP contribution in [0.3, 0.4) is 0 Å². The van der Waals surface area contributed by atoms with E-state index in [1.165, 1.54) is 13.8 Å². The van der Waals surface area contributed by atoms with Crippen LogP contribution >= 0.6 is 0 Å². The molecule has 0 aliphatic heterocycles. The standard InChI is InChI=1S/C29H38O8/c1-6-10-23-25(14-12-21(19(4)30)28(23)33)35-16-9-17-36-29-22(20(5)31)13-15-26(24(29)11-7-2)37-18-27(32)34-8-3/h12-15,33H,6-11,16-18H2,1-5H3. The summed E-state index contributed by atoms with van der Waals surface area (Å²) in [4.78, 5) is 35.8. The number of rotatable bonds is 16. The molecule has 2 aromatic rings. The smallest absolute Gasteiger partial charge is 0.344 e. The number of aromatic hydroxyl groups is 1. The summed E-state index contributed by atoms with van der Waals surface area (Å²) >= 11 is 0. The van der Waals surface area contributed by atoms with E-state index in [1.807, 2.05) is 13.8 Å². The van der Waals surface area contributed by atoms with Gasteiger partial charge < -0.3 is 24.1 Å². The van der Waals surface area contributed by atoms with Gasteiger partial charge in [-0.05, 0) is 57.9 Å². The largest absolute Gasteiger partial charge is 0.507 e. The fraction of sp³-hybridized carbons (Fsp3) is 0.483.